The number of hydrogen-bond acceptors (Lipinski definition) is 4. The number of hydrogen-bond donors (Lipinski definition) is 1. The van der Waals surface area contributed by atoms with Gasteiger partial charge in [0.15, 0.2) is 5.82 Å². The zero-order valence-corrected chi connectivity index (χ0v) is 13.5. The van der Waals surface area contributed by atoms with Gasteiger partial charge in [-0.25, -0.2) is 14.1 Å². The van der Waals surface area contributed by atoms with Crippen LogP contribution in [0.5, 0.6) is 0 Å². The average Bonchev–Trinajstić information content (AvgIpc) is 3.01. The maximum atomic E-state index is 13.6. The molecule has 122 valence electrons. The lowest BCUT2D eigenvalue weighted by atomic mass is 10.3. The fourth-order valence-electron chi connectivity index (χ4n) is 2.14. The van der Waals surface area contributed by atoms with E-state index in [4.69, 9.17) is 11.6 Å². The highest BCUT2D eigenvalue weighted by Gasteiger charge is 2.18. The summed E-state index contributed by atoms with van der Waals surface area (Å²) in [6.07, 6.45) is 2.95. The molecule has 0 unspecified atom stereocenters. The van der Waals surface area contributed by atoms with E-state index in [9.17, 15) is 9.18 Å². The molecule has 0 atom stereocenters. The van der Waals surface area contributed by atoms with Crippen LogP contribution < -0.4 is 5.32 Å². The number of carbonyl (C=O) groups is 1. The van der Waals surface area contributed by atoms with Crippen molar-refractivity contribution >= 4 is 23.2 Å². The van der Waals surface area contributed by atoms with Crippen LogP contribution in [0.3, 0.4) is 0 Å². The van der Waals surface area contributed by atoms with Crippen LogP contribution in [0.4, 0.5) is 10.1 Å². The van der Waals surface area contributed by atoms with E-state index in [0.29, 0.717) is 23.0 Å². The number of amides is 1. The van der Waals surface area contributed by atoms with E-state index < -0.39 is 11.7 Å². The largest absolute Gasteiger partial charge is 0.317 e. The van der Waals surface area contributed by atoms with Crippen LogP contribution in [0.1, 0.15) is 23.4 Å². The Morgan fingerprint density at radius 3 is 2.83 bits per heavy atom. The van der Waals surface area contributed by atoms with Crippen molar-refractivity contribution in [3.05, 3.63) is 65.2 Å². The van der Waals surface area contributed by atoms with Crippen molar-refractivity contribution in [1.29, 1.82) is 0 Å². The van der Waals surface area contributed by atoms with Crippen LogP contribution in [-0.4, -0.2) is 25.7 Å². The van der Waals surface area contributed by atoms with Crippen LogP contribution in [0, 0.1) is 5.82 Å². The number of aryl methyl sites for hydroxylation is 1. The zero-order chi connectivity index (χ0) is 17.1. The summed E-state index contributed by atoms with van der Waals surface area (Å²) in [5.74, 6) is -0.737. The van der Waals surface area contributed by atoms with Crippen molar-refractivity contribution < 1.29 is 9.18 Å². The number of aromatic nitrogens is 4. The number of para-hydroxylation sites is 1. The molecule has 3 aromatic rings. The number of rotatable bonds is 4. The Morgan fingerprint density at radius 1 is 1.33 bits per heavy atom. The van der Waals surface area contributed by atoms with Crippen molar-refractivity contribution in [2.24, 2.45) is 0 Å². The number of halogens is 2. The maximum absolute atomic E-state index is 13.6. The van der Waals surface area contributed by atoms with Crippen molar-refractivity contribution in [2.75, 3.05) is 5.32 Å². The Labute approximate surface area is 142 Å². The summed E-state index contributed by atoms with van der Waals surface area (Å²) >= 11 is 6.18. The van der Waals surface area contributed by atoms with Crippen molar-refractivity contribution in [2.45, 2.75) is 13.3 Å². The van der Waals surface area contributed by atoms with Gasteiger partial charge in [-0.15, -0.1) is 5.10 Å². The lowest BCUT2D eigenvalue weighted by Gasteiger charge is -2.05. The Balaban J connectivity index is 1.94. The molecule has 0 bridgehead atoms. The molecular formula is C16H13ClFN5O. The third kappa shape index (κ3) is 3.11. The highest BCUT2D eigenvalue weighted by molar-refractivity contribution is 6.32. The van der Waals surface area contributed by atoms with Gasteiger partial charge in [0.1, 0.15) is 5.82 Å². The van der Waals surface area contributed by atoms with Gasteiger partial charge in [0, 0.05) is 12.6 Å². The third-order valence-corrected chi connectivity index (χ3v) is 3.61. The molecule has 1 amide bonds. The molecule has 2 heterocycles. The highest BCUT2D eigenvalue weighted by Crippen LogP contribution is 2.21. The van der Waals surface area contributed by atoms with Crippen LogP contribution in [0.25, 0.3) is 5.69 Å². The Kier molecular flexibility index (Phi) is 4.52. The molecule has 0 aliphatic carbocycles. The summed E-state index contributed by atoms with van der Waals surface area (Å²) in [5, 5.41) is 7.13. The van der Waals surface area contributed by atoms with E-state index in [1.54, 1.807) is 18.2 Å². The lowest BCUT2D eigenvalue weighted by molar-refractivity contribution is 0.101. The predicted molar refractivity (Wildman–Crippen MR) is 87.9 cm³/mol. The second-order valence-corrected chi connectivity index (χ2v) is 5.29. The first-order valence-electron chi connectivity index (χ1n) is 7.22. The number of carbonyl (C=O) groups excluding carboxylic acids is 1. The Morgan fingerprint density at radius 2 is 2.12 bits per heavy atom. The molecule has 1 aromatic carbocycles. The molecule has 2 aromatic heterocycles. The minimum atomic E-state index is -0.632. The van der Waals surface area contributed by atoms with Gasteiger partial charge in [-0.05, 0) is 18.2 Å². The number of pyridine rings is 1. The highest BCUT2D eigenvalue weighted by atomic mass is 35.5. The van der Waals surface area contributed by atoms with E-state index in [1.165, 1.54) is 16.9 Å². The fourth-order valence-corrected chi connectivity index (χ4v) is 2.36. The standard InChI is InChI=1S/C16H13ClFN5O/c1-2-14-21-15(16(24)20-12-7-8-19-9-11(12)18)22-23(14)13-6-4-3-5-10(13)17/h3-9H,2H2,1H3,(H,19,20,24). The molecule has 1 N–H and O–H groups in total. The van der Waals surface area contributed by atoms with E-state index in [2.05, 4.69) is 20.4 Å². The number of benzene rings is 1. The van der Waals surface area contributed by atoms with Gasteiger partial charge in [-0.2, -0.15) is 0 Å². The van der Waals surface area contributed by atoms with Gasteiger partial charge in [0.25, 0.3) is 5.91 Å². The SMILES string of the molecule is CCc1nc(C(=O)Nc2ccncc2F)nn1-c1ccccc1Cl. The summed E-state index contributed by atoms with van der Waals surface area (Å²) in [7, 11) is 0. The minimum absolute atomic E-state index is 0.0159. The number of nitrogens with zero attached hydrogens (tertiary/aromatic N) is 4. The Hall–Kier alpha value is -2.80. The van der Waals surface area contributed by atoms with E-state index in [0.717, 1.165) is 6.20 Å². The quantitative estimate of drug-likeness (QED) is 0.787. The average molecular weight is 346 g/mol. The molecule has 3 rings (SSSR count). The molecule has 0 saturated carbocycles. The van der Waals surface area contributed by atoms with E-state index in [-0.39, 0.29) is 11.5 Å². The van der Waals surface area contributed by atoms with E-state index in [1.807, 2.05) is 13.0 Å². The molecule has 0 radical (unpaired) electrons. The monoisotopic (exact) mass is 345 g/mol. The predicted octanol–water partition coefficient (Wildman–Crippen LogP) is 3.27. The second-order valence-electron chi connectivity index (χ2n) is 4.88. The summed E-state index contributed by atoms with van der Waals surface area (Å²) in [6, 6.07) is 8.48. The summed E-state index contributed by atoms with van der Waals surface area (Å²) in [6.45, 7) is 1.89. The second kappa shape index (κ2) is 6.76. The van der Waals surface area contributed by atoms with Crippen LogP contribution in [0.15, 0.2) is 42.7 Å². The first-order valence-corrected chi connectivity index (χ1v) is 7.59. The van der Waals surface area contributed by atoms with Gasteiger partial charge in [0.05, 0.1) is 22.6 Å². The molecule has 24 heavy (non-hydrogen) atoms. The summed E-state index contributed by atoms with van der Waals surface area (Å²) in [4.78, 5) is 20.1. The van der Waals surface area contributed by atoms with Gasteiger partial charge < -0.3 is 5.32 Å². The fraction of sp³-hybridized carbons (Fsp3) is 0.125. The molecular weight excluding hydrogens is 333 g/mol. The Bertz CT molecular complexity index is 896. The van der Waals surface area contributed by atoms with Crippen LogP contribution in [-0.2, 0) is 6.42 Å². The maximum Gasteiger partial charge on any atom is 0.295 e. The summed E-state index contributed by atoms with van der Waals surface area (Å²) < 4.78 is 15.1. The zero-order valence-electron chi connectivity index (χ0n) is 12.7. The van der Waals surface area contributed by atoms with Crippen molar-refractivity contribution in [3.8, 4) is 5.69 Å². The van der Waals surface area contributed by atoms with Gasteiger partial charge in [-0.3, -0.25) is 9.78 Å². The smallest absolute Gasteiger partial charge is 0.295 e. The molecule has 6 nitrogen and oxygen atoms in total. The molecule has 0 saturated heterocycles. The van der Waals surface area contributed by atoms with Gasteiger partial charge >= 0.3 is 0 Å². The van der Waals surface area contributed by atoms with Crippen LogP contribution >= 0.6 is 11.6 Å². The summed E-state index contributed by atoms with van der Waals surface area (Å²) in [5.41, 5.74) is 0.639. The van der Waals surface area contributed by atoms with Gasteiger partial charge in [-0.1, -0.05) is 30.7 Å². The van der Waals surface area contributed by atoms with E-state index >= 15 is 0 Å². The molecule has 0 fully saturated rings. The molecule has 0 aliphatic rings. The minimum Gasteiger partial charge on any atom is -0.317 e. The molecule has 0 spiro atoms. The van der Waals surface area contributed by atoms with Crippen molar-refractivity contribution in [1.82, 2.24) is 19.7 Å². The molecule has 0 aliphatic heterocycles. The molecule has 8 heteroatoms. The lowest BCUT2D eigenvalue weighted by Crippen LogP contribution is -2.15. The third-order valence-electron chi connectivity index (χ3n) is 3.29. The van der Waals surface area contributed by atoms with Crippen molar-refractivity contribution in [3.63, 3.8) is 0 Å². The van der Waals surface area contributed by atoms with Crippen LogP contribution in [0.2, 0.25) is 5.02 Å². The normalized spacial score (nSPS) is 10.6. The first kappa shape index (κ1) is 16.1. The topological polar surface area (TPSA) is 72.7 Å². The number of nitrogens with one attached hydrogen (secondary N) is 1. The first-order chi connectivity index (χ1) is 11.6. The van der Waals surface area contributed by atoms with Gasteiger partial charge in [0.2, 0.25) is 5.82 Å². The number of anilines is 1.